The first kappa shape index (κ1) is 25.5. The molecule has 0 atom stereocenters. The summed E-state index contributed by atoms with van der Waals surface area (Å²) in [5.41, 5.74) is 0.328. The van der Waals surface area contributed by atoms with Crippen molar-refractivity contribution in [3.63, 3.8) is 0 Å². The Kier molecular flexibility index (Phi) is 7.56. The highest BCUT2D eigenvalue weighted by molar-refractivity contribution is 5.79. The SMILES string of the molecule is O=C(CN1CCC(n2c(C(F)(F)F)nc3cc(F)ccc32)CC1)N(C1CCCCC1)C1CCCCC1. The molecule has 2 heterocycles. The van der Waals surface area contributed by atoms with Gasteiger partial charge in [0.25, 0.3) is 0 Å². The van der Waals surface area contributed by atoms with E-state index < -0.39 is 23.9 Å². The zero-order valence-corrected chi connectivity index (χ0v) is 20.8. The molecule has 1 aliphatic heterocycles. The van der Waals surface area contributed by atoms with Gasteiger partial charge in [0.05, 0.1) is 17.6 Å². The third kappa shape index (κ3) is 5.41. The van der Waals surface area contributed by atoms with Crippen LogP contribution in [-0.4, -0.2) is 57.0 Å². The average molecular weight is 509 g/mol. The standard InChI is InChI=1S/C27H36F4N4O/c28-19-11-12-24-23(17-19)32-26(27(29,30)31)35(24)22-13-15-33(16-14-22)18-25(36)34(20-7-3-1-4-8-20)21-9-5-2-6-10-21/h11-12,17,20-22H,1-10,13-16,18H2. The second-order valence-electron chi connectivity index (χ2n) is 10.8. The first-order chi connectivity index (χ1) is 17.3. The van der Waals surface area contributed by atoms with Crippen molar-refractivity contribution in [1.82, 2.24) is 19.4 Å². The van der Waals surface area contributed by atoms with Crippen LogP contribution in [0.1, 0.15) is 88.9 Å². The summed E-state index contributed by atoms with van der Waals surface area (Å²) < 4.78 is 56.3. The number of alkyl halides is 3. The summed E-state index contributed by atoms with van der Waals surface area (Å²) in [6, 6.07) is 3.89. The van der Waals surface area contributed by atoms with Gasteiger partial charge < -0.3 is 9.47 Å². The fourth-order valence-corrected chi connectivity index (χ4v) is 6.67. The van der Waals surface area contributed by atoms with Crippen LogP contribution in [0.15, 0.2) is 18.2 Å². The highest BCUT2D eigenvalue weighted by Gasteiger charge is 2.40. The summed E-state index contributed by atoms with van der Waals surface area (Å²) in [6.07, 6.45) is 7.89. The normalized spacial score (nSPS) is 21.8. The molecule has 1 saturated heterocycles. The van der Waals surface area contributed by atoms with Crippen LogP contribution in [0.5, 0.6) is 0 Å². The van der Waals surface area contributed by atoms with E-state index in [-0.39, 0.29) is 11.4 Å². The molecule has 2 aromatic rings. The van der Waals surface area contributed by atoms with Crippen LogP contribution >= 0.6 is 0 Å². The zero-order chi connectivity index (χ0) is 25.3. The topological polar surface area (TPSA) is 41.4 Å². The van der Waals surface area contributed by atoms with Crippen molar-refractivity contribution < 1.29 is 22.4 Å². The number of carbonyl (C=O) groups is 1. The Hall–Kier alpha value is -2.16. The van der Waals surface area contributed by atoms with Crippen molar-refractivity contribution in [3.8, 4) is 0 Å². The minimum absolute atomic E-state index is 0.0236. The van der Waals surface area contributed by atoms with Gasteiger partial charge in [-0.15, -0.1) is 0 Å². The van der Waals surface area contributed by atoms with Crippen LogP contribution in [-0.2, 0) is 11.0 Å². The van der Waals surface area contributed by atoms with E-state index in [0.29, 0.717) is 50.1 Å². The largest absolute Gasteiger partial charge is 0.449 e. The predicted molar refractivity (Wildman–Crippen MR) is 130 cm³/mol. The Morgan fingerprint density at radius 3 is 2.06 bits per heavy atom. The molecule has 1 aromatic carbocycles. The number of carbonyl (C=O) groups excluding carboxylic acids is 1. The predicted octanol–water partition coefficient (Wildman–Crippen LogP) is 6.33. The van der Waals surface area contributed by atoms with Gasteiger partial charge >= 0.3 is 6.18 Å². The summed E-state index contributed by atoms with van der Waals surface area (Å²) >= 11 is 0. The molecule has 198 valence electrons. The number of aromatic nitrogens is 2. The second-order valence-corrected chi connectivity index (χ2v) is 10.8. The third-order valence-corrected chi connectivity index (χ3v) is 8.41. The summed E-state index contributed by atoms with van der Waals surface area (Å²) in [5.74, 6) is -1.39. The minimum atomic E-state index is -4.62. The fraction of sp³-hybridized carbons (Fsp3) is 0.704. The van der Waals surface area contributed by atoms with Gasteiger partial charge in [-0.2, -0.15) is 13.2 Å². The summed E-state index contributed by atoms with van der Waals surface area (Å²) in [5, 5.41) is 0. The Morgan fingerprint density at radius 1 is 0.917 bits per heavy atom. The molecule has 2 aliphatic carbocycles. The lowest BCUT2D eigenvalue weighted by Gasteiger charge is -2.43. The lowest BCUT2D eigenvalue weighted by Crippen LogP contribution is -2.52. The quantitative estimate of drug-likeness (QED) is 0.444. The summed E-state index contributed by atoms with van der Waals surface area (Å²) in [6.45, 7) is 1.44. The van der Waals surface area contributed by atoms with Gasteiger partial charge in [-0.05, 0) is 50.7 Å². The number of hydrogen-bond donors (Lipinski definition) is 0. The van der Waals surface area contributed by atoms with Crippen molar-refractivity contribution in [3.05, 3.63) is 29.8 Å². The van der Waals surface area contributed by atoms with Gasteiger partial charge in [-0.3, -0.25) is 9.69 Å². The van der Waals surface area contributed by atoms with E-state index in [2.05, 4.69) is 14.8 Å². The Labute approximate surface area is 209 Å². The van der Waals surface area contributed by atoms with Crippen LogP contribution in [0.4, 0.5) is 17.6 Å². The number of halogens is 4. The van der Waals surface area contributed by atoms with Crippen LogP contribution in [0.25, 0.3) is 11.0 Å². The van der Waals surface area contributed by atoms with Crippen LogP contribution in [0, 0.1) is 5.82 Å². The lowest BCUT2D eigenvalue weighted by molar-refractivity contribution is -0.148. The number of piperidine rings is 1. The monoisotopic (exact) mass is 508 g/mol. The number of benzene rings is 1. The molecule has 0 bridgehead atoms. The van der Waals surface area contributed by atoms with E-state index in [9.17, 15) is 22.4 Å². The molecular weight excluding hydrogens is 472 g/mol. The number of amides is 1. The van der Waals surface area contributed by atoms with E-state index in [4.69, 9.17) is 0 Å². The molecule has 1 amide bonds. The van der Waals surface area contributed by atoms with E-state index in [1.54, 1.807) is 0 Å². The van der Waals surface area contributed by atoms with Gasteiger partial charge in [0.1, 0.15) is 5.82 Å². The van der Waals surface area contributed by atoms with Gasteiger partial charge in [0, 0.05) is 37.3 Å². The first-order valence-electron chi connectivity index (χ1n) is 13.6. The van der Waals surface area contributed by atoms with Crippen LogP contribution < -0.4 is 0 Å². The second kappa shape index (κ2) is 10.7. The van der Waals surface area contributed by atoms with Crippen LogP contribution in [0.2, 0.25) is 0 Å². The highest BCUT2D eigenvalue weighted by Crippen LogP contribution is 2.37. The van der Waals surface area contributed by atoms with Crippen molar-refractivity contribution in [2.45, 2.75) is 101 Å². The number of fused-ring (bicyclic) bond motifs is 1. The molecule has 1 aromatic heterocycles. The number of rotatable bonds is 5. The van der Waals surface area contributed by atoms with Gasteiger partial charge in [-0.25, -0.2) is 9.37 Å². The van der Waals surface area contributed by atoms with Crippen molar-refractivity contribution >= 4 is 16.9 Å². The molecule has 5 nitrogen and oxygen atoms in total. The van der Waals surface area contributed by atoms with Crippen molar-refractivity contribution in [1.29, 1.82) is 0 Å². The summed E-state index contributed by atoms with van der Waals surface area (Å²) in [4.78, 5) is 21.6. The lowest BCUT2D eigenvalue weighted by atomic mass is 9.88. The van der Waals surface area contributed by atoms with Gasteiger partial charge in [-0.1, -0.05) is 38.5 Å². The Bertz CT molecular complexity index is 1030. The fourth-order valence-electron chi connectivity index (χ4n) is 6.67. The first-order valence-corrected chi connectivity index (χ1v) is 13.6. The molecule has 9 heteroatoms. The minimum Gasteiger partial charge on any atom is -0.336 e. The Balaban J connectivity index is 1.28. The molecule has 3 fully saturated rings. The van der Waals surface area contributed by atoms with E-state index in [0.717, 1.165) is 31.7 Å². The van der Waals surface area contributed by atoms with E-state index in [1.165, 1.54) is 55.2 Å². The maximum atomic E-state index is 13.8. The number of imidazole rings is 1. The van der Waals surface area contributed by atoms with Gasteiger partial charge in [0.15, 0.2) is 0 Å². The maximum absolute atomic E-state index is 13.8. The molecule has 5 rings (SSSR count). The number of hydrogen-bond acceptors (Lipinski definition) is 3. The molecule has 0 radical (unpaired) electrons. The average Bonchev–Trinajstić information content (AvgIpc) is 3.25. The number of nitrogens with zero attached hydrogens (tertiary/aromatic N) is 4. The zero-order valence-electron chi connectivity index (χ0n) is 20.8. The van der Waals surface area contributed by atoms with E-state index in [1.807, 2.05) is 0 Å². The van der Waals surface area contributed by atoms with E-state index >= 15 is 0 Å². The maximum Gasteiger partial charge on any atom is 0.449 e. The van der Waals surface area contributed by atoms with Crippen molar-refractivity contribution in [2.24, 2.45) is 0 Å². The highest BCUT2D eigenvalue weighted by atomic mass is 19.4. The summed E-state index contributed by atoms with van der Waals surface area (Å²) in [7, 11) is 0. The molecule has 2 saturated carbocycles. The molecule has 0 N–H and O–H groups in total. The molecular formula is C27H36F4N4O. The molecule has 0 unspecified atom stereocenters. The van der Waals surface area contributed by atoms with Crippen molar-refractivity contribution in [2.75, 3.05) is 19.6 Å². The third-order valence-electron chi connectivity index (χ3n) is 8.41. The molecule has 36 heavy (non-hydrogen) atoms. The van der Waals surface area contributed by atoms with Gasteiger partial charge in [0.2, 0.25) is 11.7 Å². The molecule has 0 spiro atoms. The molecule has 3 aliphatic rings. The smallest absolute Gasteiger partial charge is 0.336 e. The number of likely N-dealkylation sites (tertiary alicyclic amines) is 1. The Morgan fingerprint density at radius 2 is 1.50 bits per heavy atom. The van der Waals surface area contributed by atoms with Crippen LogP contribution in [0.3, 0.4) is 0 Å².